The fraction of sp³-hybridized carbons (Fsp3) is 0.440. The van der Waals surface area contributed by atoms with Gasteiger partial charge < -0.3 is 14.6 Å². The minimum Gasteiger partial charge on any atom is -0.493 e. The molecule has 1 N–H and O–H groups in total. The predicted octanol–water partition coefficient (Wildman–Crippen LogP) is 4.97. The highest BCUT2D eigenvalue weighted by Gasteiger charge is 2.10. The molecule has 1 aromatic heterocycles. The van der Waals surface area contributed by atoms with Gasteiger partial charge in [-0.25, -0.2) is 4.98 Å². The molecule has 5 nitrogen and oxygen atoms in total. The Balaban J connectivity index is 1.56. The fourth-order valence-corrected chi connectivity index (χ4v) is 3.70. The lowest BCUT2D eigenvalue weighted by Crippen LogP contribution is -2.20. The first-order valence-corrected chi connectivity index (χ1v) is 10.9. The molecule has 1 amide bonds. The Morgan fingerprint density at radius 1 is 1.03 bits per heavy atom. The average Bonchev–Trinajstić information content (AvgIpc) is 3.08. The van der Waals surface area contributed by atoms with Gasteiger partial charge in [0.15, 0.2) is 0 Å². The quantitative estimate of drug-likeness (QED) is 0.457. The van der Waals surface area contributed by atoms with Gasteiger partial charge in [-0.2, -0.15) is 0 Å². The van der Waals surface area contributed by atoms with Crippen LogP contribution in [0.2, 0.25) is 0 Å². The Hall–Kier alpha value is -2.82. The highest BCUT2D eigenvalue weighted by molar-refractivity contribution is 5.75. The SMILES string of the molecule is CC(=O)NCCCCCc1nc2ccccc2n1CCCOc1cccc(C)c1C. The van der Waals surface area contributed by atoms with Crippen molar-refractivity contribution in [3.8, 4) is 5.75 Å². The Morgan fingerprint density at radius 3 is 2.70 bits per heavy atom. The zero-order chi connectivity index (χ0) is 21.3. The Labute approximate surface area is 179 Å². The lowest BCUT2D eigenvalue weighted by atomic mass is 10.1. The lowest BCUT2D eigenvalue weighted by molar-refractivity contribution is -0.118. The fourth-order valence-electron chi connectivity index (χ4n) is 3.70. The van der Waals surface area contributed by atoms with Crippen molar-refractivity contribution in [1.29, 1.82) is 0 Å². The molecule has 160 valence electrons. The third kappa shape index (κ3) is 5.85. The van der Waals surface area contributed by atoms with Gasteiger partial charge in [0.25, 0.3) is 0 Å². The second-order valence-electron chi connectivity index (χ2n) is 7.86. The van der Waals surface area contributed by atoms with Crippen molar-refractivity contribution in [2.75, 3.05) is 13.2 Å². The van der Waals surface area contributed by atoms with Gasteiger partial charge in [0.05, 0.1) is 17.6 Å². The summed E-state index contributed by atoms with van der Waals surface area (Å²) in [6, 6.07) is 14.5. The number of ether oxygens (including phenoxy) is 1. The lowest BCUT2D eigenvalue weighted by Gasteiger charge is -2.12. The number of amides is 1. The van der Waals surface area contributed by atoms with Gasteiger partial charge in [-0.3, -0.25) is 4.79 Å². The molecule has 0 bridgehead atoms. The maximum absolute atomic E-state index is 11.0. The summed E-state index contributed by atoms with van der Waals surface area (Å²) in [7, 11) is 0. The van der Waals surface area contributed by atoms with Crippen LogP contribution in [0.5, 0.6) is 5.75 Å². The van der Waals surface area contributed by atoms with Gasteiger partial charge in [0.2, 0.25) is 5.91 Å². The first kappa shape index (κ1) is 21.9. The van der Waals surface area contributed by atoms with Crippen LogP contribution in [0.4, 0.5) is 0 Å². The third-order valence-electron chi connectivity index (χ3n) is 5.52. The van der Waals surface area contributed by atoms with Gasteiger partial charge in [-0.05, 0) is 62.4 Å². The molecular weight excluding hydrogens is 374 g/mol. The second-order valence-corrected chi connectivity index (χ2v) is 7.86. The molecule has 0 aliphatic rings. The second kappa shape index (κ2) is 10.8. The van der Waals surface area contributed by atoms with Crippen LogP contribution in [0.25, 0.3) is 11.0 Å². The molecule has 1 heterocycles. The Morgan fingerprint density at radius 2 is 1.87 bits per heavy atom. The zero-order valence-corrected chi connectivity index (χ0v) is 18.4. The van der Waals surface area contributed by atoms with Crippen LogP contribution >= 0.6 is 0 Å². The number of carbonyl (C=O) groups is 1. The number of nitrogens with one attached hydrogen (secondary N) is 1. The Kier molecular flexibility index (Phi) is 7.89. The summed E-state index contributed by atoms with van der Waals surface area (Å²) in [5.41, 5.74) is 4.72. The van der Waals surface area contributed by atoms with Crippen molar-refractivity contribution in [1.82, 2.24) is 14.9 Å². The summed E-state index contributed by atoms with van der Waals surface area (Å²) in [5.74, 6) is 2.16. The van der Waals surface area contributed by atoms with Crippen LogP contribution in [0, 0.1) is 13.8 Å². The van der Waals surface area contributed by atoms with E-state index >= 15 is 0 Å². The summed E-state index contributed by atoms with van der Waals surface area (Å²) in [6.07, 6.45) is 5.04. The minimum absolute atomic E-state index is 0.0415. The molecule has 30 heavy (non-hydrogen) atoms. The number of para-hydroxylation sites is 2. The number of imidazole rings is 1. The van der Waals surface area contributed by atoms with Crippen LogP contribution < -0.4 is 10.1 Å². The molecular formula is C25H33N3O2. The molecule has 0 radical (unpaired) electrons. The largest absolute Gasteiger partial charge is 0.493 e. The molecule has 0 atom stereocenters. The van der Waals surface area contributed by atoms with E-state index in [1.54, 1.807) is 6.92 Å². The third-order valence-corrected chi connectivity index (χ3v) is 5.52. The number of hydrogen-bond acceptors (Lipinski definition) is 3. The van der Waals surface area contributed by atoms with Gasteiger partial charge in [0.1, 0.15) is 11.6 Å². The molecule has 3 aromatic rings. The van der Waals surface area contributed by atoms with Crippen LogP contribution in [-0.4, -0.2) is 28.6 Å². The number of nitrogens with zero attached hydrogens (tertiary/aromatic N) is 2. The summed E-state index contributed by atoms with van der Waals surface area (Å²) >= 11 is 0. The van der Waals surface area contributed by atoms with Gasteiger partial charge in [-0.15, -0.1) is 0 Å². The number of benzene rings is 2. The molecule has 0 unspecified atom stereocenters. The summed E-state index contributed by atoms with van der Waals surface area (Å²) in [6.45, 7) is 8.12. The number of rotatable bonds is 11. The van der Waals surface area contributed by atoms with E-state index in [-0.39, 0.29) is 5.91 Å². The Bertz CT molecular complexity index is 978. The number of unbranched alkanes of at least 4 members (excludes halogenated alkanes) is 2. The molecule has 0 spiro atoms. The van der Waals surface area contributed by atoms with E-state index in [9.17, 15) is 4.79 Å². The normalized spacial score (nSPS) is 11.0. The summed E-state index contributed by atoms with van der Waals surface area (Å²) < 4.78 is 8.39. The molecule has 5 heteroatoms. The van der Waals surface area contributed by atoms with Crippen molar-refractivity contribution in [3.63, 3.8) is 0 Å². The number of fused-ring (bicyclic) bond motifs is 1. The summed E-state index contributed by atoms with van der Waals surface area (Å²) in [5, 5.41) is 2.86. The van der Waals surface area contributed by atoms with Crippen molar-refractivity contribution < 1.29 is 9.53 Å². The maximum atomic E-state index is 11.0. The number of aryl methyl sites for hydroxylation is 3. The van der Waals surface area contributed by atoms with E-state index in [2.05, 4.69) is 48.0 Å². The van der Waals surface area contributed by atoms with E-state index < -0.39 is 0 Å². The van der Waals surface area contributed by atoms with E-state index in [1.807, 2.05) is 18.2 Å². The average molecular weight is 408 g/mol. The van der Waals surface area contributed by atoms with E-state index in [0.29, 0.717) is 6.61 Å². The standard InChI is InChI=1S/C25H33N3O2/c1-19-11-9-14-24(20(19)2)30-18-10-17-28-23-13-7-6-12-22(23)27-25(28)15-5-4-8-16-26-21(3)29/h6-7,9,11-14H,4-5,8,10,15-18H2,1-3H3,(H,26,29). The number of hydrogen-bond donors (Lipinski definition) is 1. The van der Waals surface area contributed by atoms with Gasteiger partial charge in [0, 0.05) is 26.4 Å². The smallest absolute Gasteiger partial charge is 0.216 e. The van der Waals surface area contributed by atoms with Crippen molar-refractivity contribution >= 4 is 16.9 Å². The first-order valence-electron chi connectivity index (χ1n) is 10.9. The van der Waals surface area contributed by atoms with Crippen LogP contribution in [0.15, 0.2) is 42.5 Å². The maximum Gasteiger partial charge on any atom is 0.216 e. The van der Waals surface area contributed by atoms with Gasteiger partial charge >= 0.3 is 0 Å². The molecule has 0 fully saturated rings. The topological polar surface area (TPSA) is 56.2 Å². The molecule has 0 saturated carbocycles. The molecule has 2 aromatic carbocycles. The first-order chi connectivity index (χ1) is 14.6. The van der Waals surface area contributed by atoms with Crippen molar-refractivity contribution in [3.05, 3.63) is 59.4 Å². The molecule has 0 saturated heterocycles. The van der Waals surface area contributed by atoms with E-state index in [0.717, 1.165) is 62.3 Å². The molecule has 0 aliphatic carbocycles. The summed E-state index contributed by atoms with van der Waals surface area (Å²) in [4.78, 5) is 15.8. The highest BCUT2D eigenvalue weighted by Crippen LogP contribution is 2.21. The van der Waals surface area contributed by atoms with Crippen molar-refractivity contribution in [2.45, 2.75) is 59.4 Å². The highest BCUT2D eigenvalue weighted by atomic mass is 16.5. The zero-order valence-electron chi connectivity index (χ0n) is 18.4. The minimum atomic E-state index is 0.0415. The van der Waals surface area contributed by atoms with Crippen LogP contribution in [-0.2, 0) is 17.8 Å². The van der Waals surface area contributed by atoms with Gasteiger partial charge in [-0.1, -0.05) is 30.7 Å². The van der Waals surface area contributed by atoms with Crippen LogP contribution in [0.3, 0.4) is 0 Å². The van der Waals surface area contributed by atoms with E-state index in [4.69, 9.17) is 9.72 Å². The number of aromatic nitrogens is 2. The monoisotopic (exact) mass is 407 g/mol. The van der Waals surface area contributed by atoms with E-state index in [1.165, 1.54) is 16.6 Å². The van der Waals surface area contributed by atoms with Crippen LogP contribution in [0.1, 0.15) is 49.6 Å². The molecule has 3 rings (SSSR count). The molecule has 0 aliphatic heterocycles. The number of carbonyl (C=O) groups excluding carboxylic acids is 1. The van der Waals surface area contributed by atoms with Crippen molar-refractivity contribution in [2.24, 2.45) is 0 Å². The predicted molar refractivity (Wildman–Crippen MR) is 122 cm³/mol.